The average molecular weight is 353 g/mol. The van der Waals surface area contributed by atoms with Gasteiger partial charge in [0.1, 0.15) is 0 Å². The van der Waals surface area contributed by atoms with Crippen molar-refractivity contribution in [3.05, 3.63) is 80.2 Å². The number of nitro groups is 1. The molecule has 0 unspecified atom stereocenters. The van der Waals surface area contributed by atoms with Gasteiger partial charge in [-0.15, -0.1) is 11.3 Å². The minimum atomic E-state index is -0.518. The Morgan fingerprint density at radius 3 is 2.64 bits per heavy atom. The van der Waals surface area contributed by atoms with Crippen LogP contribution in [-0.2, 0) is 6.54 Å². The summed E-state index contributed by atoms with van der Waals surface area (Å²) in [5.74, 6) is -0.345. The van der Waals surface area contributed by atoms with Gasteiger partial charge in [0, 0.05) is 35.2 Å². The molecule has 0 aliphatic carbocycles. The molecular weight excluding hydrogens is 338 g/mol. The molecule has 0 aliphatic heterocycles. The maximum absolute atomic E-state index is 12.1. The number of amides is 1. The molecular formula is C18H15N3O3S. The first kappa shape index (κ1) is 16.8. The number of benzene rings is 2. The molecule has 126 valence electrons. The summed E-state index contributed by atoms with van der Waals surface area (Å²) in [5.41, 5.74) is 3.07. The lowest BCUT2D eigenvalue weighted by molar-refractivity contribution is -0.384. The molecule has 2 aromatic carbocycles. The molecule has 0 radical (unpaired) electrons. The van der Waals surface area contributed by atoms with Gasteiger partial charge in [0.2, 0.25) is 0 Å². The molecule has 0 saturated carbocycles. The Balaban J connectivity index is 1.64. The predicted octanol–water partition coefficient (Wildman–Crippen LogP) is 3.96. The largest absolute Gasteiger partial charge is 0.348 e. The molecule has 25 heavy (non-hydrogen) atoms. The molecule has 1 amide bonds. The van der Waals surface area contributed by atoms with Crippen LogP contribution in [0.5, 0.6) is 0 Å². The van der Waals surface area contributed by atoms with Gasteiger partial charge in [-0.3, -0.25) is 14.9 Å². The summed E-state index contributed by atoms with van der Waals surface area (Å²) in [4.78, 5) is 26.8. The minimum Gasteiger partial charge on any atom is -0.348 e. The lowest BCUT2D eigenvalue weighted by atomic mass is 10.1. The van der Waals surface area contributed by atoms with E-state index in [1.807, 2.05) is 36.6 Å². The van der Waals surface area contributed by atoms with Crippen LogP contribution < -0.4 is 5.32 Å². The topological polar surface area (TPSA) is 85.1 Å². The third-order valence-corrected chi connectivity index (χ3v) is 4.41. The van der Waals surface area contributed by atoms with Crippen molar-refractivity contribution in [2.45, 2.75) is 13.5 Å². The van der Waals surface area contributed by atoms with E-state index in [4.69, 9.17) is 0 Å². The Labute approximate surface area is 148 Å². The van der Waals surface area contributed by atoms with E-state index in [-0.39, 0.29) is 17.2 Å². The minimum absolute atomic E-state index is 0.101. The number of thiazole rings is 1. The van der Waals surface area contributed by atoms with Crippen molar-refractivity contribution in [3.63, 3.8) is 0 Å². The molecule has 0 atom stereocenters. The van der Waals surface area contributed by atoms with E-state index in [1.165, 1.54) is 18.2 Å². The van der Waals surface area contributed by atoms with E-state index in [0.29, 0.717) is 6.54 Å². The summed E-state index contributed by atoms with van der Waals surface area (Å²) in [6.07, 6.45) is 0. The van der Waals surface area contributed by atoms with Crippen molar-refractivity contribution in [1.82, 2.24) is 10.3 Å². The van der Waals surface area contributed by atoms with Crippen molar-refractivity contribution in [2.75, 3.05) is 0 Å². The number of nitrogens with one attached hydrogen (secondary N) is 1. The summed E-state index contributed by atoms with van der Waals surface area (Å²) < 4.78 is 0. The highest BCUT2D eigenvalue weighted by molar-refractivity contribution is 7.09. The molecule has 7 heteroatoms. The molecule has 0 saturated heterocycles. The normalized spacial score (nSPS) is 10.4. The van der Waals surface area contributed by atoms with Crippen molar-refractivity contribution >= 4 is 22.9 Å². The molecule has 0 bridgehead atoms. The van der Waals surface area contributed by atoms with Crippen LogP contribution in [0.2, 0.25) is 0 Å². The number of hydrogen-bond donors (Lipinski definition) is 1. The van der Waals surface area contributed by atoms with Gasteiger partial charge in [-0.1, -0.05) is 30.3 Å². The quantitative estimate of drug-likeness (QED) is 0.556. The Bertz CT molecular complexity index is 919. The van der Waals surface area contributed by atoms with E-state index < -0.39 is 4.92 Å². The smallest absolute Gasteiger partial charge is 0.270 e. The lowest BCUT2D eigenvalue weighted by Gasteiger charge is -2.06. The molecule has 6 nitrogen and oxygen atoms in total. The number of aryl methyl sites for hydroxylation is 1. The van der Waals surface area contributed by atoms with Crippen LogP contribution in [0, 0.1) is 17.0 Å². The standard InChI is InChI=1S/C18H15N3O3S/c1-12-20-17(11-25-12)14-7-5-13(6-8-14)10-19-18(22)15-3-2-4-16(9-15)21(23)24/h2-9,11H,10H2,1H3,(H,19,22). The van der Waals surface area contributed by atoms with Crippen molar-refractivity contribution < 1.29 is 9.72 Å². The fourth-order valence-electron chi connectivity index (χ4n) is 2.33. The number of non-ortho nitro benzene ring substituents is 1. The van der Waals surface area contributed by atoms with Gasteiger partial charge >= 0.3 is 0 Å². The second-order valence-electron chi connectivity index (χ2n) is 5.44. The van der Waals surface area contributed by atoms with Crippen molar-refractivity contribution in [2.24, 2.45) is 0 Å². The SMILES string of the molecule is Cc1nc(-c2ccc(CNC(=O)c3cccc([N+](=O)[O-])c3)cc2)cs1. The summed E-state index contributed by atoms with van der Waals surface area (Å²) in [5, 5.41) is 16.6. The Hall–Kier alpha value is -3.06. The Kier molecular flexibility index (Phi) is 4.85. The van der Waals surface area contributed by atoms with Crippen LogP contribution in [-0.4, -0.2) is 15.8 Å². The first-order chi connectivity index (χ1) is 12.0. The van der Waals surface area contributed by atoms with Crippen molar-refractivity contribution in [1.29, 1.82) is 0 Å². The van der Waals surface area contributed by atoms with Gasteiger partial charge in [0.25, 0.3) is 11.6 Å². The van der Waals surface area contributed by atoms with Crippen LogP contribution in [0.15, 0.2) is 53.9 Å². The number of nitrogens with zero attached hydrogens (tertiary/aromatic N) is 2. The highest BCUT2D eigenvalue weighted by atomic mass is 32.1. The lowest BCUT2D eigenvalue weighted by Crippen LogP contribution is -2.22. The number of carbonyl (C=O) groups is 1. The number of aromatic nitrogens is 1. The van der Waals surface area contributed by atoms with Gasteiger partial charge in [0.15, 0.2) is 0 Å². The third-order valence-electron chi connectivity index (χ3n) is 3.64. The average Bonchev–Trinajstić information content (AvgIpc) is 3.06. The molecule has 0 fully saturated rings. The predicted molar refractivity (Wildman–Crippen MR) is 96.6 cm³/mol. The fourth-order valence-corrected chi connectivity index (χ4v) is 2.96. The maximum Gasteiger partial charge on any atom is 0.270 e. The molecule has 0 spiro atoms. The van der Waals surface area contributed by atoms with E-state index in [0.717, 1.165) is 21.8 Å². The summed E-state index contributed by atoms with van der Waals surface area (Å²) in [6.45, 7) is 2.31. The van der Waals surface area contributed by atoms with Gasteiger partial charge in [-0.05, 0) is 18.6 Å². The van der Waals surface area contributed by atoms with Gasteiger partial charge < -0.3 is 5.32 Å². The zero-order valence-corrected chi connectivity index (χ0v) is 14.2. The molecule has 1 aromatic heterocycles. The van der Waals surface area contributed by atoms with E-state index >= 15 is 0 Å². The third kappa shape index (κ3) is 4.07. The van der Waals surface area contributed by atoms with Crippen LogP contribution >= 0.6 is 11.3 Å². The van der Waals surface area contributed by atoms with Gasteiger partial charge in [-0.2, -0.15) is 0 Å². The number of rotatable bonds is 5. The highest BCUT2D eigenvalue weighted by Gasteiger charge is 2.11. The number of nitro benzene ring substituents is 1. The zero-order chi connectivity index (χ0) is 17.8. The first-order valence-electron chi connectivity index (χ1n) is 7.57. The second-order valence-corrected chi connectivity index (χ2v) is 6.50. The molecule has 1 heterocycles. The summed E-state index contributed by atoms with van der Waals surface area (Å²) in [6, 6.07) is 13.5. The number of carbonyl (C=O) groups excluding carboxylic acids is 1. The number of hydrogen-bond acceptors (Lipinski definition) is 5. The van der Waals surface area contributed by atoms with E-state index in [9.17, 15) is 14.9 Å². The Morgan fingerprint density at radius 2 is 2.00 bits per heavy atom. The molecule has 3 rings (SSSR count). The van der Waals surface area contributed by atoms with Crippen LogP contribution in [0.25, 0.3) is 11.3 Å². The summed E-state index contributed by atoms with van der Waals surface area (Å²) in [7, 11) is 0. The van der Waals surface area contributed by atoms with Gasteiger partial charge in [0.05, 0.1) is 15.6 Å². The first-order valence-corrected chi connectivity index (χ1v) is 8.45. The van der Waals surface area contributed by atoms with Crippen LogP contribution in [0.3, 0.4) is 0 Å². The van der Waals surface area contributed by atoms with Gasteiger partial charge in [-0.25, -0.2) is 4.98 Å². The maximum atomic E-state index is 12.1. The molecule has 3 aromatic rings. The second kappa shape index (κ2) is 7.23. The highest BCUT2D eigenvalue weighted by Crippen LogP contribution is 2.21. The van der Waals surface area contributed by atoms with Crippen LogP contribution in [0.4, 0.5) is 5.69 Å². The zero-order valence-electron chi connectivity index (χ0n) is 13.4. The van der Waals surface area contributed by atoms with Crippen molar-refractivity contribution in [3.8, 4) is 11.3 Å². The summed E-state index contributed by atoms with van der Waals surface area (Å²) >= 11 is 1.60. The van der Waals surface area contributed by atoms with Crippen LogP contribution in [0.1, 0.15) is 20.9 Å². The monoisotopic (exact) mass is 353 g/mol. The molecule has 1 N–H and O–H groups in total. The van der Waals surface area contributed by atoms with E-state index in [2.05, 4.69) is 10.3 Å². The Morgan fingerprint density at radius 1 is 1.24 bits per heavy atom. The molecule has 0 aliphatic rings. The van der Waals surface area contributed by atoms with E-state index in [1.54, 1.807) is 17.4 Å². The fraction of sp³-hybridized carbons (Fsp3) is 0.111.